The molecule has 0 saturated carbocycles. The number of carbonyl (C=O) groups is 1. The molecule has 1 aliphatic rings. The van der Waals surface area contributed by atoms with Crippen LogP contribution in [0.2, 0.25) is 0 Å². The number of nitrogens with one attached hydrogen (secondary N) is 1. The maximum atomic E-state index is 12.3. The number of amides is 1. The van der Waals surface area contributed by atoms with Crippen molar-refractivity contribution >= 4 is 16.8 Å². The Bertz CT molecular complexity index is 598. The zero-order valence-electron chi connectivity index (χ0n) is 10.2. The molecule has 3 heteroatoms. The molecule has 0 fully saturated rings. The van der Waals surface area contributed by atoms with Crippen LogP contribution < -0.4 is 0 Å². The number of benzene rings is 1. The number of H-pyrrole nitrogens is 1. The lowest BCUT2D eigenvalue weighted by molar-refractivity contribution is 0.0782. The van der Waals surface area contributed by atoms with Gasteiger partial charge in [0.2, 0.25) is 0 Å². The van der Waals surface area contributed by atoms with Crippen molar-refractivity contribution in [1.29, 1.82) is 0 Å². The Kier molecular flexibility index (Phi) is 2.21. The number of aromatic amines is 1. The summed E-state index contributed by atoms with van der Waals surface area (Å²) in [6.45, 7) is 2.97. The predicted octanol–water partition coefficient (Wildman–Crippen LogP) is 2.36. The minimum absolute atomic E-state index is 0.147. The Labute approximate surface area is 100 Å². The van der Waals surface area contributed by atoms with Gasteiger partial charge in [-0.15, -0.1) is 0 Å². The van der Waals surface area contributed by atoms with Crippen LogP contribution in [0.5, 0.6) is 0 Å². The first-order valence-electron chi connectivity index (χ1n) is 6.09. The molecule has 88 valence electrons. The summed E-state index contributed by atoms with van der Waals surface area (Å²) in [5, 5.41) is 1.14. The molecule has 0 bridgehead atoms. The average molecular weight is 228 g/mol. The number of aryl methyl sites for hydroxylation is 1. The van der Waals surface area contributed by atoms with Crippen molar-refractivity contribution in [2.75, 3.05) is 13.6 Å². The number of rotatable bonds is 1. The van der Waals surface area contributed by atoms with Gasteiger partial charge in [0.15, 0.2) is 0 Å². The summed E-state index contributed by atoms with van der Waals surface area (Å²) in [7, 11) is 1.87. The maximum Gasteiger partial charge on any atom is 0.256 e. The van der Waals surface area contributed by atoms with E-state index in [1.54, 1.807) is 0 Å². The summed E-state index contributed by atoms with van der Waals surface area (Å²) in [5.74, 6) is 0.147. The van der Waals surface area contributed by atoms with E-state index in [0.29, 0.717) is 0 Å². The zero-order chi connectivity index (χ0) is 12.0. The van der Waals surface area contributed by atoms with Gasteiger partial charge in [-0.2, -0.15) is 0 Å². The first kappa shape index (κ1) is 10.4. The lowest BCUT2D eigenvalue weighted by Crippen LogP contribution is -2.35. The van der Waals surface area contributed by atoms with E-state index >= 15 is 0 Å². The molecule has 0 aliphatic carbocycles. The third kappa shape index (κ3) is 1.38. The van der Waals surface area contributed by atoms with Crippen LogP contribution in [0.25, 0.3) is 10.9 Å². The molecule has 1 N–H and O–H groups in total. The van der Waals surface area contributed by atoms with E-state index in [0.717, 1.165) is 35.9 Å². The average Bonchev–Trinajstić information content (AvgIpc) is 2.80. The van der Waals surface area contributed by atoms with Crippen molar-refractivity contribution in [2.24, 2.45) is 0 Å². The number of fused-ring (bicyclic) bond motifs is 3. The van der Waals surface area contributed by atoms with E-state index in [4.69, 9.17) is 0 Å². The molecule has 17 heavy (non-hydrogen) atoms. The summed E-state index contributed by atoms with van der Waals surface area (Å²) in [4.78, 5) is 17.3. The summed E-state index contributed by atoms with van der Waals surface area (Å²) in [5.41, 5.74) is 4.44. The van der Waals surface area contributed by atoms with Gasteiger partial charge in [0.1, 0.15) is 0 Å². The molecule has 1 aliphatic heterocycles. The van der Waals surface area contributed by atoms with Gasteiger partial charge in [-0.1, -0.05) is 6.92 Å². The number of aromatic nitrogens is 1. The maximum absolute atomic E-state index is 12.3. The molecular weight excluding hydrogens is 212 g/mol. The molecule has 0 saturated heterocycles. The molecule has 0 atom stereocenters. The fourth-order valence-electron chi connectivity index (χ4n) is 2.71. The van der Waals surface area contributed by atoms with Crippen LogP contribution >= 0.6 is 0 Å². The highest BCUT2D eigenvalue weighted by atomic mass is 16.2. The quantitative estimate of drug-likeness (QED) is 0.799. The molecule has 3 rings (SSSR count). The van der Waals surface area contributed by atoms with Gasteiger partial charge in [0.05, 0.1) is 11.1 Å². The third-order valence-corrected chi connectivity index (χ3v) is 3.69. The molecule has 1 aromatic carbocycles. The van der Waals surface area contributed by atoms with Crippen LogP contribution in [0.15, 0.2) is 18.3 Å². The van der Waals surface area contributed by atoms with Crippen LogP contribution in [-0.2, 0) is 12.8 Å². The smallest absolute Gasteiger partial charge is 0.256 e. The SMILES string of the molecule is CCc1cc2cc[nH]c2c2c1CCN(C)C2=O. The van der Waals surface area contributed by atoms with E-state index in [9.17, 15) is 4.79 Å². The minimum Gasteiger partial charge on any atom is -0.361 e. The standard InChI is InChI=1S/C14H16N2O/c1-3-9-8-10-4-6-15-13(10)12-11(9)5-7-16(2)14(12)17/h4,6,8,15H,3,5,7H2,1-2H3. The van der Waals surface area contributed by atoms with Gasteiger partial charge in [-0.05, 0) is 36.1 Å². The van der Waals surface area contributed by atoms with Gasteiger partial charge >= 0.3 is 0 Å². The summed E-state index contributed by atoms with van der Waals surface area (Å²) < 4.78 is 0. The van der Waals surface area contributed by atoms with Crippen molar-refractivity contribution in [3.05, 3.63) is 35.0 Å². The molecule has 0 unspecified atom stereocenters. The van der Waals surface area contributed by atoms with Crippen molar-refractivity contribution in [3.8, 4) is 0 Å². The first-order valence-corrected chi connectivity index (χ1v) is 6.09. The van der Waals surface area contributed by atoms with Crippen molar-refractivity contribution in [1.82, 2.24) is 9.88 Å². The van der Waals surface area contributed by atoms with Crippen molar-refractivity contribution in [3.63, 3.8) is 0 Å². The van der Waals surface area contributed by atoms with Gasteiger partial charge < -0.3 is 9.88 Å². The summed E-state index contributed by atoms with van der Waals surface area (Å²) in [6.07, 6.45) is 3.86. The Hall–Kier alpha value is -1.77. The largest absolute Gasteiger partial charge is 0.361 e. The number of hydrogen-bond donors (Lipinski definition) is 1. The summed E-state index contributed by atoms with van der Waals surface area (Å²) >= 11 is 0. The van der Waals surface area contributed by atoms with Crippen LogP contribution in [0, 0.1) is 0 Å². The lowest BCUT2D eigenvalue weighted by Gasteiger charge is -2.27. The molecule has 0 spiro atoms. The van der Waals surface area contributed by atoms with E-state index in [1.165, 1.54) is 11.1 Å². The second kappa shape index (κ2) is 3.62. The molecule has 2 heterocycles. The van der Waals surface area contributed by atoms with E-state index < -0.39 is 0 Å². The van der Waals surface area contributed by atoms with Crippen molar-refractivity contribution in [2.45, 2.75) is 19.8 Å². The molecule has 1 amide bonds. The Balaban J connectivity index is 2.37. The normalized spacial score (nSPS) is 15.4. The molecular formula is C14H16N2O. The Morgan fingerprint density at radius 2 is 2.29 bits per heavy atom. The van der Waals surface area contributed by atoms with Crippen LogP contribution in [0.1, 0.15) is 28.4 Å². The zero-order valence-corrected chi connectivity index (χ0v) is 10.2. The topological polar surface area (TPSA) is 36.1 Å². The van der Waals surface area contributed by atoms with Gasteiger partial charge in [0.25, 0.3) is 5.91 Å². The fourth-order valence-corrected chi connectivity index (χ4v) is 2.71. The minimum atomic E-state index is 0.147. The monoisotopic (exact) mass is 228 g/mol. The number of likely N-dealkylation sites (N-methyl/N-ethyl adjacent to an activating group) is 1. The van der Waals surface area contributed by atoms with E-state index in [2.05, 4.69) is 18.0 Å². The van der Waals surface area contributed by atoms with Gasteiger partial charge in [-0.3, -0.25) is 4.79 Å². The van der Waals surface area contributed by atoms with E-state index in [-0.39, 0.29) is 5.91 Å². The van der Waals surface area contributed by atoms with Gasteiger partial charge in [0, 0.05) is 25.2 Å². The lowest BCUT2D eigenvalue weighted by atomic mass is 9.91. The Morgan fingerprint density at radius 3 is 3.06 bits per heavy atom. The number of nitrogens with zero attached hydrogens (tertiary/aromatic N) is 1. The van der Waals surface area contributed by atoms with Gasteiger partial charge in [-0.25, -0.2) is 0 Å². The predicted molar refractivity (Wildman–Crippen MR) is 68.3 cm³/mol. The second-order valence-corrected chi connectivity index (χ2v) is 4.66. The third-order valence-electron chi connectivity index (χ3n) is 3.69. The van der Waals surface area contributed by atoms with Crippen LogP contribution in [0.3, 0.4) is 0 Å². The Morgan fingerprint density at radius 1 is 1.47 bits per heavy atom. The highest BCUT2D eigenvalue weighted by molar-refractivity contribution is 6.08. The second-order valence-electron chi connectivity index (χ2n) is 4.66. The number of hydrogen-bond acceptors (Lipinski definition) is 1. The van der Waals surface area contributed by atoms with Crippen LogP contribution in [0.4, 0.5) is 0 Å². The van der Waals surface area contributed by atoms with Crippen molar-refractivity contribution < 1.29 is 4.79 Å². The van der Waals surface area contributed by atoms with E-state index in [1.807, 2.05) is 24.2 Å². The molecule has 2 aromatic rings. The number of carbonyl (C=O) groups excluding carboxylic acids is 1. The molecule has 3 nitrogen and oxygen atoms in total. The fraction of sp³-hybridized carbons (Fsp3) is 0.357. The highest BCUT2D eigenvalue weighted by Crippen LogP contribution is 2.29. The molecule has 0 radical (unpaired) electrons. The van der Waals surface area contributed by atoms with Crippen LogP contribution in [-0.4, -0.2) is 29.4 Å². The first-order chi connectivity index (χ1) is 8.22. The molecule has 1 aromatic heterocycles. The summed E-state index contributed by atoms with van der Waals surface area (Å²) in [6, 6.07) is 4.25. The highest BCUT2D eigenvalue weighted by Gasteiger charge is 2.26.